The van der Waals surface area contributed by atoms with Gasteiger partial charge in [0.1, 0.15) is 17.1 Å². The van der Waals surface area contributed by atoms with Crippen LogP contribution in [0.4, 0.5) is 0 Å². The summed E-state index contributed by atoms with van der Waals surface area (Å²) in [5.74, 6) is 1.63. The van der Waals surface area contributed by atoms with E-state index in [1.807, 2.05) is 74.5 Å². The molecule has 28 heavy (non-hydrogen) atoms. The van der Waals surface area contributed by atoms with Crippen LogP contribution < -0.4 is 4.74 Å². The second-order valence-corrected chi connectivity index (χ2v) is 7.05. The predicted molar refractivity (Wildman–Crippen MR) is 112 cm³/mol. The average molecular weight is 372 g/mol. The van der Waals surface area contributed by atoms with E-state index in [2.05, 4.69) is 18.2 Å². The summed E-state index contributed by atoms with van der Waals surface area (Å²) in [4.78, 5) is 0. The van der Waals surface area contributed by atoms with Crippen molar-refractivity contribution in [2.24, 2.45) is 0 Å². The number of rotatable bonds is 7. The van der Waals surface area contributed by atoms with Crippen molar-refractivity contribution >= 4 is 11.0 Å². The maximum atomic E-state index is 6.25. The highest BCUT2D eigenvalue weighted by molar-refractivity contribution is 5.88. The van der Waals surface area contributed by atoms with Gasteiger partial charge in [-0.05, 0) is 37.6 Å². The lowest BCUT2D eigenvalue weighted by atomic mass is 10.1. The SMILES string of the molecule is CC(C)Oc1ccccc1-c1oc2ccccc2c1COCc1ccccc1. The van der Waals surface area contributed by atoms with Crippen molar-refractivity contribution < 1.29 is 13.9 Å². The number of hydrogen-bond acceptors (Lipinski definition) is 3. The van der Waals surface area contributed by atoms with Crippen LogP contribution in [-0.4, -0.2) is 6.10 Å². The first-order valence-corrected chi connectivity index (χ1v) is 9.60. The maximum absolute atomic E-state index is 6.25. The van der Waals surface area contributed by atoms with Crippen LogP contribution in [0.1, 0.15) is 25.0 Å². The van der Waals surface area contributed by atoms with E-state index in [1.165, 1.54) is 0 Å². The quantitative estimate of drug-likeness (QED) is 0.366. The van der Waals surface area contributed by atoms with Gasteiger partial charge in [-0.15, -0.1) is 0 Å². The van der Waals surface area contributed by atoms with E-state index >= 15 is 0 Å². The highest BCUT2D eigenvalue weighted by Gasteiger charge is 2.19. The Morgan fingerprint density at radius 2 is 1.50 bits per heavy atom. The molecule has 0 fully saturated rings. The van der Waals surface area contributed by atoms with Crippen molar-refractivity contribution in [3.63, 3.8) is 0 Å². The molecule has 1 aromatic heterocycles. The normalized spacial score (nSPS) is 11.2. The summed E-state index contributed by atoms with van der Waals surface area (Å²) in [6.45, 7) is 5.08. The van der Waals surface area contributed by atoms with Crippen molar-refractivity contribution in [3.8, 4) is 17.1 Å². The Bertz CT molecular complexity index is 1050. The molecule has 142 valence electrons. The van der Waals surface area contributed by atoms with Crippen LogP contribution in [0.5, 0.6) is 5.75 Å². The van der Waals surface area contributed by atoms with Crippen molar-refractivity contribution in [3.05, 3.63) is 90.0 Å². The summed E-state index contributed by atoms with van der Waals surface area (Å²) in [7, 11) is 0. The van der Waals surface area contributed by atoms with Gasteiger partial charge in [-0.25, -0.2) is 0 Å². The molecule has 0 atom stereocenters. The second-order valence-electron chi connectivity index (χ2n) is 7.05. The Balaban J connectivity index is 1.70. The largest absolute Gasteiger partial charge is 0.490 e. The van der Waals surface area contributed by atoms with E-state index in [0.717, 1.165) is 39.2 Å². The molecule has 0 spiro atoms. The molecule has 0 radical (unpaired) electrons. The first kappa shape index (κ1) is 18.3. The molecular weight excluding hydrogens is 348 g/mol. The van der Waals surface area contributed by atoms with E-state index in [1.54, 1.807) is 0 Å². The van der Waals surface area contributed by atoms with Gasteiger partial charge >= 0.3 is 0 Å². The van der Waals surface area contributed by atoms with E-state index in [-0.39, 0.29) is 6.10 Å². The minimum absolute atomic E-state index is 0.0864. The number of para-hydroxylation sites is 2. The zero-order valence-electron chi connectivity index (χ0n) is 16.2. The fourth-order valence-electron chi connectivity index (χ4n) is 3.32. The Morgan fingerprint density at radius 1 is 0.786 bits per heavy atom. The van der Waals surface area contributed by atoms with Crippen LogP contribution in [0.25, 0.3) is 22.3 Å². The Hall–Kier alpha value is -3.04. The highest BCUT2D eigenvalue weighted by atomic mass is 16.5. The number of furan rings is 1. The zero-order chi connectivity index (χ0) is 19.3. The monoisotopic (exact) mass is 372 g/mol. The summed E-state index contributed by atoms with van der Waals surface area (Å²) < 4.78 is 18.3. The second kappa shape index (κ2) is 8.32. The number of hydrogen-bond donors (Lipinski definition) is 0. The maximum Gasteiger partial charge on any atom is 0.144 e. The van der Waals surface area contributed by atoms with Crippen molar-refractivity contribution in [1.82, 2.24) is 0 Å². The summed E-state index contributed by atoms with van der Waals surface area (Å²) in [6.07, 6.45) is 0.0864. The molecule has 0 bridgehead atoms. The average Bonchev–Trinajstić information content (AvgIpc) is 3.07. The summed E-state index contributed by atoms with van der Waals surface area (Å²) >= 11 is 0. The van der Waals surface area contributed by atoms with Gasteiger partial charge in [-0.2, -0.15) is 0 Å². The van der Waals surface area contributed by atoms with Crippen molar-refractivity contribution in [2.45, 2.75) is 33.2 Å². The molecule has 0 amide bonds. The van der Waals surface area contributed by atoms with Gasteiger partial charge in [0.15, 0.2) is 0 Å². The summed E-state index contributed by atoms with van der Waals surface area (Å²) in [5, 5.41) is 1.07. The lowest BCUT2D eigenvalue weighted by Crippen LogP contribution is -2.06. The van der Waals surface area contributed by atoms with Gasteiger partial charge in [0, 0.05) is 10.9 Å². The van der Waals surface area contributed by atoms with Crippen molar-refractivity contribution in [2.75, 3.05) is 0 Å². The Morgan fingerprint density at radius 3 is 2.32 bits per heavy atom. The minimum atomic E-state index is 0.0864. The Kier molecular flexibility index (Phi) is 5.45. The fourth-order valence-corrected chi connectivity index (χ4v) is 3.32. The summed E-state index contributed by atoms with van der Waals surface area (Å²) in [5.41, 5.74) is 4.01. The van der Waals surface area contributed by atoms with Crippen LogP contribution in [0, 0.1) is 0 Å². The topological polar surface area (TPSA) is 31.6 Å². The van der Waals surface area contributed by atoms with Crippen LogP contribution in [-0.2, 0) is 18.0 Å². The third kappa shape index (κ3) is 3.95. The van der Waals surface area contributed by atoms with Crippen LogP contribution >= 0.6 is 0 Å². The third-order valence-corrected chi connectivity index (χ3v) is 4.55. The standard InChI is InChI=1S/C25H24O3/c1-18(2)27-24-15-9-7-13-21(24)25-22(20-12-6-8-14-23(20)28-25)17-26-16-19-10-4-3-5-11-19/h3-15,18H,16-17H2,1-2H3. The number of ether oxygens (including phenoxy) is 2. The molecule has 1 heterocycles. The van der Waals surface area contributed by atoms with E-state index in [9.17, 15) is 0 Å². The van der Waals surface area contributed by atoms with E-state index in [4.69, 9.17) is 13.9 Å². The first-order chi connectivity index (χ1) is 13.7. The van der Waals surface area contributed by atoms with Crippen LogP contribution in [0.3, 0.4) is 0 Å². The first-order valence-electron chi connectivity index (χ1n) is 9.60. The molecule has 3 heteroatoms. The number of fused-ring (bicyclic) bond motifs is 1. The van der Waals surface area contributed by atoms with Gasteiger partial charge in [0.25, 0.3) is 0 Å². The molecule has 0 saturated carbocycles. The highest BCUT2D eigenvalue weighted by Crippen LogP contribution is 2.39. The van der Waals surface area contributed by atoms with E-state index < -0.39 is 0 Å². The summed E-state index contributed by atoms with van der Waals surface area (Å²) in [6, 6.07) is 26.3. The zero-order valence-corrected chi connectivity index (χ0v) is 16.2. The predicted octanol–water partition coefficient (Wildman–Crippen LogP) is 6.60. The van der Waals surface area contributed by atoms with Crippen LogP contribution in [0.2, 0.25) is 0 Å². The molecule has 4 aromatic rings. The minimum Gasteiger partial charge on any atom is -0.490 e. The van der Waals surface area contributed by atoms with Gasteiger partial charge in [-0.1, -0.05) is 60.7 Å². The molecule has 3 nitrogen and oxygen atoms in total. The molecule has 4 rings (SSSR count). The lowest BCUT2D eigenvalue weighted by molar-refractivity contribution is 0.108. The lowest BCUT2D eigenvalue weighted by Gasteiger charge is -2.14. The molecule has 0 saturated heterocycles. The fraction of sp³-hybridized carbons (Fsp3) is 0.200. The third-order valence-electron chi connectivity index (χ3n) is 4.55. The van der Waals surface area contributed by atoms with Gasteiger partial charge in [-0.3, -0.25) is 0 Å². The van der Waals surface area contributed by atoms with Gasteiger partial charge < -0.3 is 13.9 Å². The Labute approximate surface area is 165 Å². The molecular formula is C25H24O3. The number of benzene rings is 3. The molecule has 0 aliphatic carbocycles. The molecule has 3 aromatic carbocycles. The smallest absolute Gasteiger partial charge is 0.144 e. The molecule has 0 aliphatic heterocycles. The van der Waals surface area contributed by atoms with E-state index in [0.29, 0.717) is 13.2 Å². The van der Waals surface area contributed by atoms with Crippen molar-refractivity contribution in [1.29, 1.82) is 0 Å². The molecule has 0 unspecified atom stereocenters. The van der Waals surface area contributed by atoms with Gasteiger partial charge in [0.05, 0.1) is 24.9 Å². The molecule has 0 N–H and O–H groups in total. The van der Waals surface area contributed by atoms with Crippen LogP contribution in [0.15, 0.2) is 83.3 Å². The molecule has 0 aliphatic rings. The van der Waals surface area contributed by atoms with Gasteiger partial charge in [0.2, 0.25) is 0 Å².